The Kier molecular flexibility index (Phi) is 5.10. The van der Waals surface area contributed by atoms with E-state index in [0.717, 1.165) is 0 Å². The highest BCUT2D eigenvalue weighted by Gasteiger charge is 2.17. The maximum atomic E-state index is 12.2. The highest BCUT2D eigenvalue weighted by Crippen LogP contribution is 2.26. The number of aromatic nitrogens is 2. The molecule has 0 saturated carbocycles. The fourth-order valence-electron chi connectivity index (χ4n) is 1.61. The second-order valence-electron chi connectivity index (χ2n) is 4.25. The predicted octanol–water partition coefficient (Wildman–Crippen LogP) is 2.37. The fraction of sp³-hybridized carbons (Fsp3) is 0.250. The second kappa shape index (κ2) is 6.65. The van der Waals surface area contributed by atoms with Crippen LogP contribution < -0.4 is 4.72 Å². The Morgan fingerprint density at radius 1 is 1.29 bits per heavy atom. The Hall–Kier alpha value is -1.28. The van der Waals surface area contributed by atoms with Gasteiger partial charge in [0.15, 0.2) is 0 Å². The largest absolute Gasteiger partial charge is 0.396 e. The minimum atomic E-state index is -3.74. The van der Waals surface area contributed by atoms with Crippen molar-refractivity contribution in [3.05, 3.63) is 40.6 Å². The number of benzene rings is 1. The monoisotopic (exact) mass is 349 g/mol. The second-order valence-corrected chi connectivity index (χ2v) is 6.75. The van der Waals surface area contributed by atoms with E-state index in [4.69, 9.17) is 28.3 Å². The van der Waals surface area contributed by atoms with Gasteiger partial charge in [0.05, 0.1) is 21.9 Å². The fourth-order valence-corrected chi connectivity index (χ4v) is 2.91. The molecule has 1 aromatic heterocycles. The number of aliphatic hydroxyl groups is 1. The van der Waals surface area contributed by atoms with Gasteiger partial charge in [-0.3, -0.25) is 9.40 Å². The number of rotatable bonds is 6. The van der Waals surface area contributed by atoms with Crippen molar-refractivity contribution in [2.45, 2.75) is 17.9 Å². The third-order valence-electron chi connectivity index (χ3n) is 2.64. The van der Waals surface area contributed by atoms with Crippen molar-refractivity contribution in [2.75, 3.05) is 11.3 Å². The van der Waals surface area contributed by atoms with E-state index in [1.165, 1.54) is 35.3 Å². The van der Waals surface area contributed by atoms with Gasteiger partial charge in [0.25, 0.3) is 10.0 Å². The van der Waals surface area contributed by atoms with Gasteiger partial charge in [-0.1, -0.05) is 23.2 Å². The Morgan fingerprint density at radius 2 is 2.05 bits per heavy atom. The molecular weight excluding hydrogens is 337 g/mol. The van der Waals surface area contributed by atoms with E-state index in [0.29, 0.717) is 23.7 Å². The van der Waals surface area contributed by atoms with Crippen molar-refractivity contribution in [2.24, 2.45) is 0 Å². The molecule has 2 N–H and O–H groups in total. The van der Waals surface area contributed by atoms with Crippen LogP contribution in [0.15, 0.2) is 35.5 Å². The van der Waals surface area contributed by atoms with Crippen molar-refractivity contribution in [1.29, 1.82) is 0 Å². The van der Waals surface area contributed by atoms with E-state index in [9.17, 15) is 8.42 Å². The van der Waals surface area contributed by atoms with Crippen LogP contribution >= 0.6 is 23.2 Å². The average Bonchev–Trinajstić information content (AvgIpc) is 2.90. The van der Waals surface area contributed by atoms with E-state index in [1.54, 1.807) is 0 Å². The van der Waals surface area contributed by atoms with Gasteiger partial charge in [-0.05, 0) is 24.6 Å². The molecule has 0 unspecified atom stereocenters. The molecule has 9 heteroatoms. The molecule has 1 aromatic carbocycles. The Morgan fingerprint density at radius 3 is 2.71 bits per heavy atom. The van der Waals surface area contributed by atoms with Gasteiger partial charge in [-0.2, -0.15) is 5.10 Å². The van der Waals surface area contributed by atoms with E-state index in [1.807, 2.05) is 0 Å². The van der Waals surface area contributed by atoms with Crippen molar-refractivity contribution in [3.8, 4) is 0 Å². The molecule has 114 valence electrons. The van der Waals surface area contributed by atoms with Gasteiger partial charge in [0.2, 0.25) is 0 Å². The summed E-state index contributed by atoms with van der Waals surface area (Å²) in [6.45, 7) is 0.461. The van der Waals surface area contributed by atoms with Crippen molar-refractivity contribution in [1.82, 2.24) is 9.78 Å². The number of anilines is 1. The summed E-state index contributed by atoms with van der Waals surface area (Å²) in [6, 6.07) is 4.45. The minimum absolute atomic E-state index is 0.0173. The van der Waals surface area contributed by atoms with Crippen LogP contribution in [0.3, 0.4) is 0 Å². The lowest BCUT2D eigenvalue weighted by Gasteiger charge is -2.07. The van der Waals surface area contributed by atoms with E-state index in [2.05, 4.69) is 9.82 Å². The van der Waals surface area contributed by atoms with Crippen molar-refractivity contribution < 1.29 is 13.5 Å². The van der Waals surface area contributed by atoms with Crippen molar-refractivity contribution in [3.63, 3.8) is 0 Å². The smallest absolute Gasteiger partial charge is 0.265 e. The molecule has 0 saturated heterocycles. The van der Waals surface area contributed by atoms with Crippen LogP contribution in [0.2, 0.25) is 10.0 Å². The lowest BCUT2D eigenvalue weighted by molar-refractivity contribution is 0.277. The van der Waals surface area contributed by atoms with Crippen LogP contribution in [0.5, 0.6) is 0 Å². The predicted molar refractivity (Wildman–Crippen MR) is 81.2 cm³/mol. The van der Waals surface area contributed by atoms with Crippen LogP contribution in [-0.4, -0.2) is 29.9 Å². The first-order valence-electron chi connectivity index (χ1n) is 6.03. The molecule has 0 spiro atoms. The van der Waals surface area contributed by atoms with Crippen molar-refractivity contribution >= 4 is 38.9 Å². The zero-order valence-electron chi connectivity index (χ0n) is 10.8. The highest BCUT2D eigenvalue weighted by atomic mass is 35.5. The molecule has 21 heavy (non-hydrogen) atoms. The summed E-state index contributed by atoms with van der Waals surface area (Å²) in [6.07, 6.45) is 3.15. The molecule has 2 aromatic rings. The molecule has 6 nitrogen and oxygen atoms in total. The summed E-state index contributed by atoms with van der Waals surface area (Å²) >= 11 is 11.6. The number of sulfonamides is 1. The highest BCUT2D eigenvalue weighted by molar-refractivity contribution is 7.92. The first-order chi connectivity index (χ1) is 9.92. The molecule has 0 bridgehead atoms. The Bertz CT molecular complexity index is 731. The Balaban J connectivity index is 2.17. The average molecular weight is 350 g/mol. The molecule has 0 fully saturated rings. The van der Waals surface area contributed by atoms with E-state index in [-0.39, 0.29) is 16.5 Å². The summed E-state index contributed by atoms with van der Waals surface area (Å²) in [4.78, 5) is 0.0338. The third-order valence-corrected chi connectivity index (χ3v) is 4.71. The molecule has 1 heterocycles. The zero-order valence-corrected chi connectivity index (χ0v) is 13.2. The molecule has 2 rings (SSSR count). The molecule has 0 aliphatic rings. The normalized spacial score (nSPS) is 11.6. The number of halogens is 2. The summed E-state index contributed by atoms with van der Waals surface area (Å²) in [7, 11) is -3.74. The number of hydrogen-bond donors (Lipinski definition) is 2. The van der Waals surface area contributed by atoms with Gasteiger partial charge in [0, 0.05) is 19.3 Å². The first-order valence-corrected chi connectivity index (χ1v) is 8.27. The van der Waals surface area contributed by atoms with Gasteiger partial charge >= 0.3 is 0 Å². The number of hydrogen-bond acceptors (Lipinski definition) is 4. The molecule has 0 aliphatic carbocycles. The van der Waals surface area contributed by atoms with Crippen LogP contribution in [0, 0.1) is 0 Å². The number of aliphatic hydroxyl groups excluding tert-OH is 1. The lowest BCUT2D eigenvalue weighted by Crippen LogP contribution is -2.12. The summed E-state index contributed by atoms with van der Waals surface area (Å²) < 4.78 is 28.2. The first kappa shape index (κ1) is 16.1. The van der Waals surface area contributed by atoms with Crippen LogP contribution in [0.4, 0.5) is 5.69 Å². The van der Waals surface area contributed by atoms with Gasteiger partial charge in [-0.25, -0.2) is 8.42 Å². The number of aryl methyl sites for hydroxylation is 1. The third kappa shape index (κ3) is 4.10. The van der Waals surface area contributed by atoms with E-state index >= 15 is 0 Å². The maximum Gasteiger partial charge on any atom is 0.265 e. The van der Waals surface area contributed by atoms with Crippen LogP contribution in [0.25, 0.3) is 0 Å². The standard InChI is InChI=1S/C12H13Cl2N3O3S/c13-11-3-2-9(6-12(11)14)16-21(19,20)10-7-15-17(8-10)4-1-5-18/h2-3,6-8,16,18H,1,4-5H2. The quantitative estimate of drug-likeness (QED) is 0.838. The minimum Gasteiger partial charge on any atom is -0.396 e. The SMILES string of the molecule is O=S(=O)(Nc1ccc(Cl)c(Cl)c1)c1cnn(CCCO)c1. The zero-order chi connectivity index (χ0) is 15.5. The van der Waals surface area contributed by atoms with Crippen LogP contribution in [0.1, 0.15) is 6.42 Å². The topological polar surface area (TPSA) is 84.2 Å². The molecule has 0 amide bonds. The Labute approximate surface area is 132 Å². The molecule has 0 atom stereocenters. The summed E-state index contributed by atoms with van der Waals surface area (Å²) in [5.41, 5.74) is 0.313. The molecule has 0 aliphatic heterocycles. The maximum absolute atomic E-state index is 12.2. The van der Waals surface area contributed by atoms with E-state index < -0.39 is 10.0 Å². The van der Waals surface area contributed by atoms with Gasteiger partial charge in [-0.15, -0.1) is 0 Å². The molecular formula is C12H13Cl2N3O3S. The number of nitrogens with zero attached hydrogens (tertiary/aromatic N) is 2. The van der Waals surface area contributed by atoms with Gasteiger partial charge in [0.1, 0.15) is 4.90 Å². The molecule has 0 radical (unpaired) electrons. The van der Waals surface area contributed by atoms with Gasteiger partial charge < -0.3 is 5.11 Å². The summed E-state index contributed by atoms with van der Waals surface area (Å²) in [5, 5.41) is 13.3. The summed E-state index contributed by atoms with van der Waals surface area (Å²) in [5.74, 6) is 0. The lowest BCUT2D eigenvalue weighted by atomic mass is 10.3. The number of nitrogens with one attached hydrogen (secondary N) is 1. The van der Waals surface area contributed by atoms with Crippen LogP contribution in [-0.2, 0) is 16.6 Å².